The van der Waals surface area contributed by atoms with Crippen LogP contribution in [-0.4, -0.2) is 24.2 Å². The summed E-state index contributed by atoms with van der Waals surface area (Å²) in [7, 11) is 1.42. The van der Waals surface area contributed by atoms with E-state index < -0.39 is 18.1 Å². The first-order chi connectivity index (χ1) is 10.9. The van der Waals surface area contributed by atoms with Gasteiger partial charge in [-0.2, -0.15) is 13.2 Å². The highest BCUT2D eigenvalue weighted by Crippen LogP contribution is 2.33. The first-order valence-corrected chi connectivity index (χ1v) is 6.79. The molecule has 0 aliphatic carbocycles. The first-order valence-electron chi connectivity index (χ1n) is 6.79. The smallest absolute Gasteiger partial charge is 0.412 e. The second kappa shape index (κ2) is 7.13. The van der Waals surface area contributed by atoms with Crippen LogP contribution in [0, 0.1) is 0 Å². The maximum absolute atomic E-state index is 13.2. The highest BCUT2D eigenvalue weighted by atomic mass is 19.4. The standard InChI is InChI=1S/C16H15F3N2O2/c1-23-13-6-4-12(5-7-13)15(16(17,18)19)21-14(22)9-11-3-2-8-20-10-11/h2-8,10,15H,9H2,1H3,(H,21,22)/t15-/m1/s1. The maximum Gasteiger partial charge on any atom is 0.412 e. The second-order valence-corrected chi connectivity index (χ2v) is 4.85. The van der Waals surface area contributed by atoms with Gasteiger partial charge in [-0.05, 0) is 29.3 Å². The summed E-state index contributed by atoms with van der Waals surface area (Å²) in [6.07, 6.45) is -1.80. The molecule has 0 unspecified atom stereocenters. The van der Waals surface area contributed by atoms with E-state index in [1.807, 2.05) is 5.32 Å². The summed E-state index contributed by atoms with van der Waals surface area (Å²) in [5.74, 6) is -0.285. The molecule has 0 aliphatic rings. The Morgan fingerprint density at radius 3 is 2.48 bits per heavy atom. The van der Waals surface area contributed by atoms with Gasteiger partial charge in [0.15, 0.2) is 6.04 Å². The van der Waals surface area contributed by atoms with Gasteiger partial charge < -0.3 is 10.1 Å². The fourth-order valence-corrected chi connectivity index (χ4v) is 2.05. The number of alkyl halides is 3. The molecule has 7 heteroatoms. The molecule has 0 aliphatic heterocycles. The van der Waals surface area contributed by atoms with E-state index >= 15 is 0 Å². The molecule has 1 aromatic carbocycles. The van der Waals surface area contributed by atoms with Crippen molar-refractivity contribution < 1.29 is 22.7 Å². The zero-order valence-corrected chi connectivity index (χ0v) is 12.3. The normalized spacial score (nSPS) is 12.5. The van der Waals surface area contributed by atoms with E-state index in [9.17, 15) is 18.0 Å². The molecule has 122 valence electrons. The summed E-state index contributed by atoms with van der Waals surface area (Å²) in [5.41, 5.74) is 0.485. The van der Waals surface area contributed by atoms with Crippen LogP contribution in [0.2, 0.25) is 0 Å². The van der Waals surface area contributed by atoms with Gasteiger partial charge in [0.1, 0.15) is 5.75 Å². The van der Waals surface area contributed by atoms with Crippen LogP contribution >= 0.6 is 0 Å². The minimum Gasteiger partial charge on any atom is -0.497 e. The van der Waals surface area contributed by atoms with E-state index in [1.54, 1.807) is 12.1 Å². The van der Waals surface area contributed by atoms with Crippen molar-refractivity contribution in [3.63, 3.8) is 0 Å². The summed E-state index contributed by atoms with van der Waals surface area (Å²) < 4.78 is 44.6. The number of aromatic nitrogens is 1. The monoisotopic (exact) mass is 324 g/mol. The number of rotatable bonds is 5. The predicted molar refractivity (Wildman–Crippen MR) is 77.9 cm³/mol. The molecule has 0 fully saturated rings. The Balaban J connectivity index is 2.14. The van der Waals surface area contributed by atoms with Crippen LogP contribution in [0.15, 0.2) is 48.8 Å². The van der Waals surface area contributed by atoms with Crippen molar-refractivity contribution >= 4 is 5.91 Å². The molecule has 1 heterocycles. The van der Waals surface area contributed by atoms with E-state index in [2.05, 4.69) is 4.98 Å². The highest BCUT2D eigenvalue weighted by Gasteiger charge is 2.41. The SMILES string of the molecule is COc1ccc([C@@H](NC(=O)Cc2cccnc2)C(F)(F)F)cc1. The van der Waals surface area contributed by atoms with Gasteiger partial charge in [0, 0.05) is 12.4 Å². The number of amides is 1. The summed E-state index contributed by atoms with van der Waals surface area (Å²) in [4.78, 5) is 15.7. The third kappa shape index (κ3) is 4.70. The van der Waals surface area contributed by atoms with Gasteiger partial charge in [-0.3, -0.25) is 9.78 Å². The lowest BCUT2D eigenvalue weighted by Gasteiger charge is -2.22. The van der Waals surface area contributed by atoms with Crippen LogP contribution in [0.1, 0.15) is 17.2 Å². The Kier molecular flexibility index (Phi) is 5.20. The molecule has 0 radical (unpaired) electrons. The molecule has 1 N–H and O–H groups in total. The van der Waals surface area contributed by atoms with Gasteiger partial charge in [0.05, 0.1) is 13.5 Å². The van der Waals surface area contributed by atoms with Crippen molar-refractivity contribution in [2.75, 3.05) is 7.11 Å². The number of pyridine rings is 1. The van der Waals surface area contributed by atoms with Gasteiger partial charge in [0.2, 0.25) is 5.91 Å². The molecule has 1 amide bonds. The molecule has 1 aromatic heterocycles. The summed E-state index contributed by atoms with van der Waals surface area (Å²) in [6, 6.07) is 6.57. The highest BCUT2D eigenvalue weighted by molar-refractivity contribution is 5.79. The zero-order chi connectivity index (χ0) is 16.9. The van der Waals surface area contributed by atoms with Crippen molar-refractivity contribution in [2.45, 2.75) is 18.6 Å². The van der Waals surface area contributed by atoms with Crippen molar-refractivity contribution in [2.24, 2.45) is 0 Å². The first kappa shape index (κ1) is 16.8. The fourth-order valence-electron chi connectivity index (χ4n) is 2.05. The number of hydrogen-bond acceptors (Lipinski definition) is 3. The third-order valence-corrected chi connectivity index (χ3v) is 3.17. The molecule has 23 heavy (non-hydrogen) atoms. The Bertz CT molecular complexity index is 643. The number of methoxy groups -OCH3 is 1. The number of ether oxygens (including phenoxy) is 1. The zero-order valence-electron chi connectivity index (χ0n) is 12.3. The van der Waals surface area contributed by atoms with Crippen molar-refractivity contribution in [3.05, 3.63) is 59.9 Å². The van der Waals surface area contributed by atoms with Crippen LogP contribution in [0.4, 0.5) is 13.2 Å². The minimum atomic E-state index is -4.60. The van der Waals surface area contributed by atoms with Crippen molar-refractivity contribution in [1.82, 2.24) is 10.3 Å². The Morgan fingerprint density at radius 2 is 1.96 bits per heavy atom. The lowest BCUT2D eigenvalue weighted by molar-refractivity contribution is -0.163. The van der Waals surface area contributed by atoms with Gasteiger partial charge in [-0.15, -0.1) is 0 Å². The molecule has 2 rings (SSSR count). The molecule has 2 aromatic rings. The molecular formula is C16H15F3N2O2. The molecule has 0 bridgehead atoms. The lowest BCUT2D eigenvalue weighted by Crippen LogP contribution is -2.38. The van der Waals surface area contributed by atoms with E-state index in [0.717, 1.165) is 0 Å². The van der Waals surface area contributed by atoms with Crippen LogP contribution < -0.4 is 10.1 Å². The summed E-state index contributed by atoms with van der Waals surface area (Å²) in [5, 5.41) is 2.03. The molecule has 1 atom stereocenters. The number of halogens is 3. The lowest BCUT2D eigenvalue weighted by atomic mass is 10.1. The van der Waals surface area contributed by atoms with Gasteiger partial charge in [-0.25, -0.2) is 0 Å². The van der Waals surface area contributed by atoms with E-state index in [1.165, 1.54) is 43.8 Å². The molecule has 4 nitrogen and oxygen atoms in total. The number of benzene rings is 1. The van der Waals surface area contributed by atoms with Gasteiger partial charge >= 0.3 is 6.18 Å². The molecule has 0 saturated heterocycles. The second-order valence-electron chi connectivity index (χ2n) is 4.85. The van der Waals surface area contributed by atoms with Crippen molar-refractivity contribution in [3.8, 4) is 5.75 Å². The average molecular weight is 324 g/mol. The minimum absolute atomic E-state index is 0.0576. The number of nitrogens with one attached hydrogen (secondary N) is 1. The number of carbonyl (C=O) groups excluding carboxylic acids is 1. The predicted octanol–water partition coefficient (Wildman–Crippen LogP) is 3.05. The van der Waals surface area contributed by atoms with Crippen LogP contribution in [-0.2, 0) is 11.2 Å². The summed E-state index contributed by atoms with van der Waals surface area (Å²) >= 11 is 0. The number of carbonyl (C=O) groups is 1. The topological polar surface area (TPSA) is 51.2 Å². The van der Waals surface area contributed by atoms with Crippen LogP contribution in [0.5, 0.6) is 5.75 Å². The Hall–Kier alpha value is -2.57. The number of hydrogen-bond donors (Lipinski definition) is 1. The third-order valence-electron chi connectivity index (χ3n) is 3.17. The van der Waals surface area contributed by atoms with Crippen LogP contribution in [0.3, 0.4) is 0 Å². The van der Waals surface area contributed by atoms with E-state index in [0.29, 0.717) is 11.3 Å². The quantitative estimate of drug-likeness (QED) is 0.920. The molecule has 0 spiro atoms. The Morgan fingerprint density at radius 1 is 1.26 bits per heavy atom. The van der Waals surface area contributed by atoms with Crippen LogP contribution in [0.25, 0.3) is 0 Å². The van der Waals surface area contributed by atoms with Crippen molar-refractivity contribution in [1.29, 1.82) is 0 Å². The average Bonchev–Trinajstić information content (AvgIpc) is 2.53. The Labute approximate surface area is 131 Å². The largest absolute Gasteiger partial charge is 0.497 e. The molecule has 0 saturated carbocycles. The van der Waals surface area contributed by atoms with Gasteiger partial charge in [-0.1, -0.05) is 18.2 Å². The van der Waals surface area contributed by atoms with E-state index in [-0.39, 0.29) is 12.0 Å². The fraction of sp³-hybridized carbons (Fsp3) is 0.250. The number of nitrogens with zero attached hydrogens (tertiary/aromatic N) is 1. The summed E-state index contributed by atoms with van der Waals surface area (Å²) in [6.45, 7) is 0. The maximum atomic E-state index is 13.2. The van der Waals surface area contributed by atoms with E-state index in [4.69, 9.17) is 4.74 Å². The molecular weight excluding hydrogens is 309 g/mol. The van der Waals surface area contributed by atoms with Gasteiger partial charge in [0.25, 0.3) is 0 Å².